The molecule has 1 fully saturated rings. The third kappa shape index (κ3) is 4.24. The van der Waals surface area contributed by atoms with Crippen LogP contribution < -0.4 is 10.2 Å². The lowest BCUT2D eigenvalue weighted by Gasteiger charge is -2.12. The summed E-state index contributed by atoms with van der Waals surface area (Å²) in [6.07, 6.45) is 4.58. The molecule has 1 amide bonds. The summed E-state index contributed by atoms with van der Waals surface area (Å²) in [7, 11) is 0. The molecule has 0 radical (unpaired) electrons. The van der Waals surface area contributed by atoms with Crippen LogP contribution in [-0.2, 0) is 9.63 Å². The van der Waals surface area contributed by atoms with Crippen LogP contribution in [0, 0.1) is 13.8 Å². The maximum atomic E-state index is 11.6. The molecule has 0 heterocycles. The molecule has 0 aliphatic heterocycles. The zero-order valence-corrected chi connectivity index (χ0v) is 11.6. The van der Waals surface area contributed by atoms with E-state index in [0.717, 1.165) is 24.2 Å². The molecule has 4 heteroatoms. The normalized spacial score (nSPS) is 15.5. The molecule has 1 aliphatic rings. The van der Waals surface area contributed by atoms with Gasteiger partial charge in [0.2, 0.25) is 0 Å². The first-order valence-corrected chi connectivity index (χ1v) is 6.79. The highest BCUT2D eigenvalue weighted by Crippen LogP contribution is 2.20. The van der Waals surface area contributed by atoms with Crippen molar-refractivity contribution in [3.8, 4) is 5.75 Å². The van der Waals surface area contributed by atoms with Gasteiger partial charge >= 0.3 is 0 Å². The number of hydroxylamine groups is 1. The Balaban J connectivity index is 1.73. The maximum Gasteiger partial charge on any atom is 0.281 e. The second-order valence-electron chi connectivity index (χ2n) is 5.11. The maximum absolute atomic E-state index is 11.6. The minimum atomic E-state index is -0.244. The number of amides is 1. The Morgan fingerprint density at radius 1 is 1.32 bits per heavy atom. The minimum absolute atomic E-state index is 0.0172. The Kier molecular flexibility index (Phi) is 4.80. The second kappa shape index (κ2) is 6.57. The van der Waals surface area contributed by atoms with Crippen LogP contribution in [0.15, 0.2) is 18.2 Å². The number of aryl methyl sites for hydroxylation is 2. The summed E-state index contributed by atoms with van der Waals surface area (Å²) in [6.45, 7) is 3.98. The van der Waals surface area contributed by atoms with E-state index in [1.807, 2.05) is 32.0 Å². The van der Waals surface area contributed by atoms with Gasteiger partial charge in [-0.15, -0.1) is 0 Å². The Bertz CT molecular complexity index is 439. The first-order valence-electron chi connectivity index (χ1n) is 6.79. The standard InChI is InChI=1S/C15H21NO3/c1-11-7-8-14(12(2)9-11)18-10-15(17)16-19-13-5-3-4-6-13/h7-9,13H,3-6,10H2,1-2H3,(H,16,17). The van der Waals surface area contributed by atoms with Crippen LogP contribution in [0.5, 0.6) is 5.75 Å². The van der Waals surface area contributed by atoms with Crippen molar-refractivity contribution in [2.75, 3.05) is 6.61 Å². The quantitative estimate of drug-likeness (QED) is 0.831. The van der Waals surface area contributed by atoms with E-state index in [1.165, 1.54) is 18.4 Å². The van der Waals surface area contributed by atoms with E-state index in [9.17, 15) is 4.79 Å². The van der Waals surface area contributed by atoms with Gasteiger partial charge in [-0.2, -0.15) is 0 Å². The molecule has 4 nitrogen and oxygen atoms in total. The van der Waals surface area contributed by atoms with Crippen molar-refractivity contribution in [3.05, 3.63) is 29.3 Å². The SMILES string of the molecule is Cc1ccc(OCC(=O)NOC2CCCC2)c(C)c1. The molecule has 0 aromatic heterocycles. The van der Waals surface area contributed by atoms with Crippen LogP contribution in [0.1, 0.15) is 36.8 Å². The van der Waals surface area contributed by atoms with Gasteiger partial charge in [0.25, 0.3) is 5.91 Å². The van der Waals surface area contributed by atoms with E-state index in [2.05, 4.69) is 5.48 Å². The van der Waals surface area contributed by atoms with E-state index < -0.39 is 0 Å². The van der Waals surface area contributed by atoms with Crippen molar-refractivity contribution >= 4 is 5.91 Å². The summed E-state index contributed by atoms with van der Waals surface area (Å²) in [6, 6.07) is 5.88. The van der Waals surface area contributed by atoms with E-state index in [4.69, 9.17) is 9.57 Å². The van der Waals surface area contributed by atoms with Crippen LogP contribution >= 0.6 is 0 Å². The van der Waals surface area contributed by atoms with E-state index >= 15 is 0 Å². The molecule has 2 rings (SSSR count). The molecular formula is C15H21NO3. The fraction of sp³-hybridized carbons (Fsp3) is 0.533. The van der Waals surface area contributed by atoms with E-state index in [-0.39, 0.29) is 18.6 Å². The predicted octanol–water partition coefficient (Wildman–Crippen LogP) is 2.67. The number of rotatable bonds is 5. The van der Waals surface area contributed by atoms with Gasteiger partial charge in [0.1, 0.15) is 5.75 Å². The fourth-order valence-corrected chi connectivity index (χ4v) is 2.29. The monoisotopic (exact) mass is 263 g/mol. The smallest absolute Gasteiger partial charge is 0.281 e. The first kappa shape index (κ1) is 13.9. The molecule has 1 saturated carbocycles. The summed E-state index contributed by atoms with van der Waals surface area (Å²) >= 11 is 0. The number of carbonyl (C=O) groups excluding carboxylic acids is 1. The van der Waals surface area contributed by atoms with Gasteiger partial charge < -0.3 is 4.74 Å². The highest BCUT2D eigenvalue weighted by Gasteiger charge is 2.16. The Morgan fingerprint density at radius 2 is 2.05 bits per heavy atom. The average molecular weight is 263 g/mol. The van der Waals surface area contributed by atoms with Gasteiger partial charge in [-0.1, -0.05) is 30.5 Å². The summed E-state index contributed by atoms with van der Waals surface area (Å²) in [5.74, 6) is 0.494. The molecule has 0 saturated heterocycles. The third-order valence-corrected chi connectivity index (χ3v) is 3.33. The van der Waals surface area contributed by atoms with Gasteiger partial charge in [-0.25, -0.2) is 5.48 Å². The third-order valence-electron chi connectivity index (χ3n) is 3.33. The molecule has 1 aliphatic carbocycles. The molecule has 104 valence electrons. The lowest BCUT2D eigenvalue weighted by atomic mass is 10.1. The Morgan fingerprint density at radius 3 is 2.74 bits per heavy atom. The van der Waals surface area contributed by atoms with Gasteiger partial charge in [-0.3, -0.25) is 9.63 Å². The highest BCUT2D eigenvalue weighted by molar-refractivity contribution is 5.76. The molecule has 1 aromatic carbocycles. The largest absolute Gasteiger partial charge is 0.483 e. The molecule has 0 bridgehead atoms. The summed E-state index contributed by atoms with van der Waals surface area (Å²) in [4.78, 5) is 16.9. The van der Waals surface area contributed by atoms with Gasteiger partial charge in [0.15, 0.2) is 6.61 Å². The summed E-state index contributed by atoms with van der Waals surface area (Å²) in [5.41, 5.74) is 4.67. The zero-order valence-electron chi connectivity index (χ0n) is 11.6. The number of benzene rings is 1. The van der Waals surface area contributed by atoms with Crippen molar-refractivity contribution in [1.29, 1.82) is 0 Å². The number of ether oxygens (including phenoxy) is 1. The summed E-state index contributed by atoms with van der Waals surface area (Å²) in [5, 5.41) is 0. The van der Waals surface area contributed by atoms with Crippen molar-refractivity contribution in [1.82, 2.24) is 5.48 Å². The Labute approximate surface area is 114 Å². The average Bonchev–Trinajstić information content (AvgIpc) is 2.88. The molecule has 0 unspecified atom stereocenters. The van der Waals surface area contributed by atoms with Crippen molar-refractivity contribution in [2.45, 2.75) is 45.6 Å². The topological polar surface area (TPSA) is 47.6 Å². The van der Waals surface area contributed by atoms with Gasteiger partial charge in [0, 0.05) is 0 Å². The van der Waals surface area contributed by atoms with Crippen LogP contribution in [0.25, 0.3) is 0 Å². The molecule has 1 aromatic rings. The number of hydrogen-bond donors (Lipinski definition) is 1. The molecule has 0 spiro atoms. The zero-order chi connectivity index (χ0) is 13.7. The van der Waals surface area contributed by atoms with Gasteiger partial charge in [-0.05, 0) is 38.3 Å². The molecule has 0 atom stereocenters. The van der Waals surface area contributed by atoms with Crippen LogP contribution in [0.3, 0.4) is 0 Å². The Hall–Kier alpha value is -1.55. The first-order chi connectivity index (χ1) is 9.15. The van der Waals surface area contributed by atoms with Crippen LogP contribution in [0.4, 0.5) is 0 Å². The number of nitrogens with one attached hydrogen (secondary N) is 1. The predicted molar refractivity (Wildman–Crippen MR) is 72.9 cm³/mol. The second-order valence-corrected chi connectivity index (χ2v) is 5.11. The molecule has 19 heavy (non-hydrogen) atoms. The van der Waals surface area contributed by atoms with Crippen LogP contribution in [0.2, 0.25) is 0 Å². The van der Waals surface area contributed by atoms with Crippen molar-refractivity contribution < 1.29 is 14.4 Å². The minimum Gasteiger partial charge on any atom is -0.483 e. The van der Waals surface area contributed by atoms with Crippen LogP contribution in [-0.4, -0.2) is 18.6 Å². The summed E-state index contributed by atoms with van der Waals surface area (Å²) < 4.78 is 5.48. The molecule has 1 N–H and O–H groups in total. The molecular weight excluding hydrogens is 242 g/mol. The van der Waals surface area contributed by atoms with Gasteiger partial charge in [0.05, 0.1) is 6.10 Å². The fourth-order valence-electron chi connectivity index (χ4n) is 2.29. The van der Waals surface area contributed by atoms with Crippen molar-refractivity contribution in [3.63, 3.8) is 0 Å². The lowest BCUT2D eigenvalue weighted by molar-refractivity contribution is -0.140. The number of carbonyl (C=O) groups is 1. The number of hydrogen-bond acceptors (Lipinski definition) is 3. The van der Waals surface area contributed by atoms with E-state index in [0.29, 0.717) is 0 Å². The lowest BCUT2D eigenvalue weighted by Crippen LogP contribution is -2.32. The highest BCUT2D eigenvalue weighted by atomic mass is 16.7. The van der Waals surface area contributed by atoms with E-state index in [1.54, 1.807) is 0 Å². The van der Waals surface area contributed by atoms with Crippen molar-refractivity contribution in [2.24, 2.45) is 0 Å².